The van der Waals surface area contributed by atoms with E-state index in [0.29, 0.717) is 13.0 Å². The van der Waals surface area contributed by atoms with Crippen LogP contribution in [0.1, 0.15) is 168 Å². The minimum absolute atomic E-state index is 0.0953. The number of unbranched alkanes of at least 4 members (excludes halogenated alkanes) is 17. The van der Waals surface area contributed by atoms with Gasteiger partial charge in [-0.1, -0.05) is 159 Å². The molecule has 0 heterocycles. The number of esters is 1. The van der Waals surface area contributed by atoms with Crippen molar-refractivity contribution in [2.75, 3.05) is 33.0 Å². The molecule has 50 heavy (non-hydrogen) atoms. The van der Waals surface area contributed by atoms with Gasteiger partial charge >= 0.3 is 13.8 Å². The molecule has 0 aliphatic rings. The van der Waals surface area contributed by atoms with Crippen LogP contribution >= 0.6 is 7.82 Å². The summed E-state index contributed by atoms with van der Waals surface area (Å²) in [5.41, 5.74) is 5.36. The van der Waals surface area contributed by atoms with Crippen LogP contribution in [0.15, 0.2) is 48.6 Å². The van der Waals surface area contributed by atoms with Crippen LogP contribution in [0.5, 0.6) is 0 Å². The van der Waals surface area contributed by atoms with Crippen LogP contribution in [-0.4, -0.2) is 49.9 Å². The van der Waals surface area contributed by atoms with Gasteiger partial charge in [0.25, 0.3) is 0 Å². The van der Waals surface area contributed by atoms with E-state index in [-0.39, 0.29) is 32.3 Å². The molecule has 0 aromatic rings. The number of nitrogens with two attached hydrogens (primary N) is 1. The predicted molar refractivity (Wildman–Crippen MR) is 210 cm³/mol. The average molecular weight is 726 g/mol. The summed E-state index contributed by atoms with van der Waals surface area (Å²) in [6.07, 6.45) is 44.1. The van der Waals surface area contributed by atoms with Crippen LogP contribution in [0.2, 0.25) is 0 Å². The van der Waals surface area contributed by atoms with Crippen LogP contribution in [0.4, 0.5) is 0 Å². The van der Waals surface area contributed by atoms with Gasteiger partial charge in [0.2, 0.25) is 0 Å². The fourth-order valence-electron chi connectivity index (χ4n) is 5.34. The Labute approximate surface area is 307 Å². The van der Waals surface area contributed by atoms with Gasteiger partial charge in [0, 0.05) is 19.6 Å². The van der Waals surface area contributed by atoms with Crippen molar-refractivity contribution in [1.29, 1.82) is 0 Å². The zero-order valence-corrected chi connectivity index (χ0v) is 33.0. The van der Waals surface area contributed by atoms with E-state index < -0.39 is 13.9 Å². The molecule has 0 aliphatic heterocycles. The van der Waals surface area contributed by atoms with Gasteiger partial charge in [-0.05, 0) is 51.4 Å². The minimum atomic E-state index is -4.28. The molecule has 0 amide bonds. The van der Waals surface area contributed by atoms with Crippen molar-refractivity contribution in [2.24, 2.45) is 5.73 Å². The highest BCUT2D eigenvalue weighted by Crippen LogP contribution is 2.43. The molecule has 0 rings (SSSR count). The highest BCUT2D eigenvalue weighted by Gasteiger charge is 2.25. The number of allylic oxidation sites excluding steroid dienone is 8. The molecule has 9 heteroatoms. The quantitative estimate of drug-likeness (QED) is 0.0279. The number of phosphoric ester groups is 1. The van der Waals surface area contributed by atoms with E-state index in [9.17, 15) is 14.3 Å². The van der Waals surface area contributed by atoms with Crippen LogP contribution in [-0.2, 0) is 27.9 Å². The molecular weight excluding hydrogens is 649 g/mol. The van der Waals surface area contributed by atoms with Gasteiger partial charge in [0.1, 0.15) is 6.10 Å². The zero-order valence-electron chi connectivity index (χ0n) is 32.1. The molecule has 0 aliphatic carbocycles. The Bertz CT molecular complexity index is 905. The summed E-state index contributed by atoms with van der Waals surface area (Å²) < 4.78 is 33.3. The van der Waals surface area contributed by atoms with E-state index in [0.717, 1.165) is 70.6 Å². The van der Waals surface area contributed by atoms with Crippen molar-refractivity contribution in [3.63, 3.8) is 0 Å². The van der Waals surface area contributed by atoms with Gasteiger partial charge in [-0.15, -0.1) is 0 Å². The third-order valence-corrected chi connectivity index (χ3v) is 9.24. The predicted octanol–water partition coefficient (Wildman–Crippen LogP) is 11.6. The van der Waals surface area contributed by atoms with Crippen molar-refractivity contribution in [2.45, 2.75) is 174 Å². The van der Waals surface area contributed by atoms with Gasteiger partial charge in [0.15, 0.2) is 0 Å². The molecule has 0 bridgehead atoms. The number of ether oxygens (including phenoxy) is 2. The molecule has 0 spiro atoms. The number of rotatable bonds is 38. The Morgan fingerprint density at radius 2 is 1.12 bits per heavy atom. The first-order valence-electron chi connectivity index (χ1n) is 20.1. The Morgan fingerprint density at radius 1 is 0.620 bits per heavy atom. The van der Waals surface area contributed by atoms with Gasteiger partial charge < -0.3 is 20.1 Å². The van der Waals surface area contributed by atoms with Crippen molar-refractivity contribution in [3.05, 3.63) is 48.6 Å². The second-order valence-corrected chi connectivity index (χ2v) is 14.6. The lowest BCUT2D eigenvalue weighted by Gasteiger charge is -2.20. The number of hydrogen-bond donors (Lipinski definition) is 2. The maximum Gasteiger partial charge on any atom is 0.472 e. The first-order valence-corrected chi connectivity index (χ1v) is 21.6. The number of hydrogen-bond acceptors (Lipinski definition) is 7. The maximum absolute atomic E-state index is 12.5. The molecule has 0 aromatic carbocycles. The fraction of sp³-hybridized carbons (Fsp3) is 0.780. The Balaban J connectivity index is 4.12. The van der Waals surface area contributed by atoms with Crippen LogP contribution in [0.3, 0.4) is 0 Å². The van der Waals surface area contributed by atoms with Crippen molar-refractivity contribution < 1.29 is 32.8 Å². The SMILES string of the molecule is CC/C=C\C/C=C\C/C=C\C/C=C\CCCCCCC(=O)OC(COCCCCCCCCCCCCCCCC)COP(=O)(O)OCCN. The van der Waals surface area contributed by atoms with Gasteiger partial charge in [-0.2, -0.15) is 0 Å². The lowest BCUT2D eigenvalue weighted by Crippen LogP contribution is -2.28. The molecule has 0 fully saturated rings. The summed E-state index contributed by atoms with van der Waals surface area (Å²) in [4.78, 5) is 22.4. The zero-order chi connectivity index (χ0) is 36.6. The summed E-state index contributed by atoms with van der Waals surface area (Å²) in [5, 5.41) is 0. The Morgan fingerprint density at radius 3 is 1.68 bits per heavy atom. The Kier molecular flexibility index (Phi) is 37.5. The third kappa shape index (κ3) is 37.7. The lowest BCUT2D eigenvalue weighted by atomic mass is 10.0. The minimum Gasteiger partial charge on any atom is -0.457 e. The van der Waals surface area contributed by atoms with Crippen molar-refractivity contribution in [1.82, 2.24) is 0 Å². The summed E-state index contributed by atoms with van der Waals surface area (Å²) in [5.74, 6) is -0.353. The first-order chi connectivity index (χ1) is 24.4. The van der Waals surface area contributed by atoms with Crippen molar-refractivity contribution in [3.8, 4) is 0 Å². The number of phosphoric acid groups is 1. The van der Waals surface area contributed by atoms with Gasteiger partial charge in [-0.3, -0.25) is 13.8 Å². The smallest absolute Gasteiger partial charge is 0.457 e. The van der Waals surface area contributed by atoms with Crippen LogP contribution in [0, 0.1) is 0 Å². The van der Waals surface area contributed by atoms with E-state index in [4.69, 9.17) is 24.3 Å². The molecule has 3 N–H and O–H groups in total. The highest BCUT2D eigenvalue weighted by molar-refractivity contribution is 7.47. The van der Waals surface area contributed by atoms with E-state index in [1.54, 1.807) is 0 Å². The molecule has 8 nitrogen and oxygen atoms in total. The normalized spacial score (nSPS) is 14.1. The van der Waals surface area contributed by atoms with E-state index >= 15 is 0 Å². The number of carbonyl (C=O) groups excluding carboxylic acids is 1. The topological polar surface area (TPSA) is 117 Å². The highest BCUT2D eigenvalue weighted by atomic mass is 31.2. The van der Waals surface area contributed by atoms with Gasteiger partial charge in [0.05, 0.1) is 19.8 Å². The summed E-state index contributed by atoms with van der Waals surface area (Å²) in [6.45, 7) is 4.78. The van der Waals surface area contributed by atoms with Gasteiger partial charge in [-0.25, -0.2) is 4.57 Å². The molecule has 0 saturated carbocycles. The second-order valence-electron chi connectivity index (χ2n) is 13.1. The van der Waals surface area contributed by atoms with E-state index in [1.807, 2.05) is 0 Å². The molecule has 292 valence electrons. The average Bonchev–Trinajstić information content (AvgIpc) is 3.10. The monoisotopic (exact) mass is 726 g/mol. The van der Waals surface area contributed by atoms with E-state index in [1.165, 1.54) is 77.0 Å². The lowest BCUT2D eigenvalue weighted by molar-refractivity contribution is -0.154. The number of carbonyl (C=O) groups is 1. The standard InChI is InChI=1S/C41H76NO7P/c1-3-5-7-9-11-13-15-17-19-20-21-22-24-26-28-30-32-34-41(43)49-40(39-48-50(44,45)47-37-35-42)38-46-36-33-31-29-27-25-23-18-16-14-12-10-8-6-4-2/h5,7,11,13,17,19,21-22,40H,3-4,6,8-10,12,14-16,18,20,23-39,42H2,1-2H3,(H,44,45)/b7-5-,13-11-,19-17-,22-21-. The van der Waals surface area contributed by atoms with Crippen LogP contribution < -0.4 is 5.73 Å². The molecule has 2 atom stereocenters. The fourth-order valence-corrected chi connectivity index (χ4v) is 6.11. The molecule has 0 radical (unpaired) electrons. The third-order valence-electron chi connectivity index (χ3n) is 8.26. The van der Waals surface area contributed by atoms with Crippen molar-refractivity contribution >= 4 is 13.8 Å². The summed E-state index contributed by atoms with van der Waals surface area (Å²) in [6, 6.07) is 0. The first kappa shape index (κ1) is 48.5. The largest absolute Gasteiger partial charge is 0.472 e. The summed E-state index contributed by atoms with van der Waals surface area (Å²) in [7, 11) is -4.28. The Hall–Kier alpha value is -1.54. The second kappa shape index (κ2) is 38.7. The molecule has 0 aromatic heterocycles. The van der Waals surface area contributed by atoms with Crippen LogP contribution in [0.25, 0.3) is 0 Å². The summed E-state index contributed by atoms with van der Waals surface area (Å²) >= 11 is 0. The maximum atomic E-state index is 12.5. The molecule has 0 saturated heterocycles. The molecule has 2 unspecified atom stereocenters. The van der Waals surface area contributed by atoms with E-state index in [2.05, 4.69) is 62.5 Å². The molecular formula is C41H76NO7P.